The molecule has 0 aromatic heterocycles. The van der Waals surface area contributed by atoms with E-state index >= 15 is 0 Å². The Morgan fingerprint density at radius 2 is 1.84 bits per heavy atom. The van der Waals surface area contributed by atoms with E-state index < -0.39 is 0 Å². The van der Waals surface area contributed by atoms with Crippen LogP contribution in [0.1, 0.15) is 29.5 Å². The van der Waals surface area contributed by atoms with Gasteiger partial charge in [0, 0.05) is 6.54 Å². The van der Waals surface area contributed by atoms with Crippen molar-refractivity contribution in [3.63, 3.8) is 0 Å². The van der Waals surface area contributed by atoms with E-state index in [9.17, 15) is 4.79 Å². The van der Waals surface area contributed by atoms with E-state index in [1.807, 2.05) is 30.3 Å². The van der Waals surface area contributed by atoms with E-state index in [0.717, 1.165) is 30.7 Å². The Balaban J connectivity index is 1.39. The second-order valence-corrected chi connectivity index (χ2v) is 7.99. The second kappa shape index (κ2) is 9.77. The molecule has 0 bridgehead atoms. The summed E-state index contributed by atoms with van der Waals surface area (Å²) in [7, 11) is 0. The van der Waals surface area contributed by atoms with Gasteiger partial charge in [-0.2, -0.15) is 0 Å². The molecule has 0 spiro atoms. The molecule has 31 heavy (non-hydrogen) atoms. The van der Waals surface area contributed by atoms with Crippen LogP contribution in [0, 0.1) is 6.92 Å². The molecular weight excluding hydrogens is 388 g/mol. The van der Waals surface area contributed by atoms with Gasteiger partial charge in [0.25, 0.3) is 5.91 Å². The van der Waals surface area contributed by atoms with Crippen molar-refractivity contribution in [2.24, 2.45) is 0 Å². The Hall–Kier alpha value is -3.15. The molecule has 0 radical (unpaired) electrons. The van der Waals surface area contributed by atoms with E-state index in [1.54, 1.807) is 5.48 Å². The highest BCUT2D eigenvalue weighted by molar-refractivity contribution is 5.80. The molecule has 1 aliphatic heterocycles. The lowest BCUT2D eigenvalue weighted by atomic mass is 9.97. The van der Waals surface area contributed by atoms with Gasteiger partial charge in [-0.1, -0.05) is 60.7 Å². The van der Waals surface area contributed by atoms with E-state index in [4.69, 9.17) is 9.94 Å². The average molecular weight is 417 g/mol. The molecular formula is C26H28N2O3. The average Bonchev–Trinajstić information content (AvgIpc) is 3.27. The lowest BCUT2D eigenvalue weighted by molar-refractivity contribution is -0.134. The summed E-state index contributed by atoms with van der Waals surface area (Å²) < 4.78 is 6.05. The third-order valence-corrected chi connectivity index (χ3v) is 6.01. The lowest BCUT2D eigenvalue weighted by Gasteiger charge is -2.22. The predicted molar refractivity (Wildman–Crippen MR) is 121 cm³/mol. The molecule has 1 heterocycles. The van der Waals surface area contributed by atoms with Crippen LogP contribution in [0.15, 0.2) is 72.8 Å². The first-order chi connectivity index (χ1) is 15.2. The van der Waals surface area contributed by atoms with Crippen LogP contribution < -0.4 is 10.2 Å². The van der Waals surface area contributed by atoms with Gasteiger partial charge in [0.05, 0.1) is 6.04 Å². The van der Waals surface area contributed by atoms with E-state index in [2.05, 4.69) is 54.3 Å². The van der Waals surface area contributed by atoms with Gasteiger partial charge < -0.3 is 4.74 Å². The smallest absolute Gasteiger partial charge is 0.260 e. The Morgan fingerprint density at radius 3 is 2.58 bits per heavy atom. The van der Waals surface area contributed by atoms with Crippen LogP contribution in [-0.4, -0.2) is 28.6 Å². The Morgan fingerprint density at radius 1 is 1.06 bits per heavy atom. The second-order valence-electron chi connectivity index (χ2n) is 7.99. The molecule has 1 aliphatic rings. The molecule has 160 valence electrons. The van der Waals surface area contributed by atoms with Gasteiger partial charge in [-0.05, 0) is 66.3 Å². The van der Waals surface area contributed by atoms with Crippen LogP contribution in [0.4, 0.5) is 0 Å². The molecule has 0 aliphatic carbocycles. The van der Waals surface area contributed by atoms with Crippen LogP contribution in [0.5, 0.6) is 5.75 Å². The molecule has 1 fully saturated rings. The maximum Gasteiger partial charge on any atom is 0.260 e. The number of amides is 1. The molecule has 2 N–H and O–H groups in total. The number of rotatable bonds is 7. The molecule has 3 aromatic rings. The van der Waals surface area contributed by atoms with Crippen molar-refractivity contribution in [1.29, 1.82) is 0 Å². The van der Waals surface area contributed by atoms with Crippen molar-refractivity contribution in [3.8, 4) is 16.9 Å². The number of hydrogen-bond acceptors (Lipinski definition) is 4. The summed E-state index contributed by atoms with van der Waals surface area (Å²) in [5.41, 5.74) is 7.73. The van der Waals surface area contributed by atoms with E-state index in [0.29, 0.717) is 13.2 Å². The van der Waals surface area contributed by atoms with Crippen molar-refractivity contribution in [1.82, 2.24) is 10.4 Å². The monoisotopic (exact) mass is 416 g/mol. The van der Waals surface area contributed by atoms with Crippen molar-refractivity contribution in [2.45, 2.75) is 39.0 Å². The first kappa shape index (κ1) is 21.1. The number of hydrogen-bond donors (Lipinski definition) is 2. The van der Waals surface area contributed by atoms with Gasteiger partial charge in [0.1, 0.15) is 12.4 Å². The van der Waals surface area contributed by atoms with Crippen LogP contribution in [0.3, 0.4) is 0 Å². The summed E-state index contributed by atoms with van der Waals surface area (Å²) in [5.74, 6) is 0.491. The van der Waals surface area contributed by atoms with Gasteiger partial charge in [0.15, 0.2) is 0 Å². The van der Waals surface area contributed by atoms with Gasteiger partial charge in [-0.15, -0.1) is 0 Å². The Labute approximate surface area is 183 Å². The predicted octanol–water partition coefficient (Wildman–Crippen LogP) is 4.71. The third kappa shape index (κ3) is 4.95. The summed E-state index contributed by atoms with van der Waals surface area (Å²) in [6, 6.07) is 24.5. The topological polar surface area (TPSA) is 61.8 Å². The number of benzene rings is 3. The molecule has 3 aromatic carbocycles. The number of hydroxylamine groups is 1. The minimum absolute atomic E-state index is 0.263. The van der Waals surface area contributed by atoms with E-state index in [-0.39, 0.29) is 11.9 Å². The highest BCUT2D eigenvalue weighted by atomic mass is 16.5. The SMILES string of the molecule is Cc1c(COc2ccc(CN3CCCC3C(=O)NO)cc2)cccc1-c1ccccc1. The molecule has 1 atom stereocenters. The summed E-state index contributed by atoms with van der Waals surface area (Å²) in [6.07, 6.45) is 1.73. The zero-order valence-electron chi connectivity index (χ0n) is 17.8. The van der Waals surface area contributed by atoms with Crippen LogP contribution in [0.25, 0.3) is 11.1 Å². The number of carbonyl (C=O) groups is 1. The summed E-state index contributed by atoms with van der Waals surface area (Å²) >= 11 is 0. The van der Waals surface area contributed by atoms with Crippen molar-refractivity contribution >= 4 is 5.91 Å². The molecule has 1 unspecified atom stereocenters. The summed E-state index contributed by atoms with van der Waals surface area (Å²) in [6.45, 7) is 4.18. The molecule has 4 rings (SSSR count). The standard InChI is InChI=1S/C26H28N2O3/c1-19-22(9-5-10-24(19)21-7-3-2-4-8-21)18-31-23-14-12-20(13-15-23)17-28-16-6-11-25(28)26(29)27-30/h2-5,7-10,12-15,25,30H,6,11,16-18H2,1H3,(H,27,29). The van der Waals surface area contributed by atoms with Gasteiger partial charge in [0.2, 0.25) is 0 Å². The van der Waals surface area contributed by atoms with Crippen molar-refractivity contribution < 1.29 is 14.7 Å². The summed E-state index contributed by atoms with van der Waals surface area (Å²) in [4.78, 5) is 13.9. The van der Waals surface area contributed by atoms with E-state index in [1.165, 1.54) is 22.3 Å². The van der Waals surface area contributed by atoms with Crippen molar-refractivity contribution in [2.75, 3.05) is 6.54 Å². The van der Waals surface area contributed by atoms with Gasteiger partial charge in [-0.3, -0.25) is 14.9 Å². The quantitative estimate of drug-likeness (QED) is 0.433. The highest BCUT2D eigenvalue weighted by Crippen LogP contribution is 2.27. The number of ether oxygens (including phenoxy) is 1. The molecule has 5 nitrogen and oxygen atoms in total. The molecule has 1 amide bonds. The largest absolute Gasteiger partial charge is 0.489 e. The highest BCUT2D eigenvalue weighted by Gasteiger charge is 2.30. The minimum Gasteiger partial charge on any atom is -0.489 e. The first-order valence-electron chi connectivity index (χ1n) is 10.7. The number of nitrogens with one attached hydrogen (secondary N) is 1. The van der Waals surface area contributed by atoms with Crippen LogP contribution in [0.2, 0.25) is 0 Å². The number of nitrogens with zero attached hydrogens (tertiary/aromatic N) is 1. The molecule has 1 saturated heterocycles. The van der Waals surface area contributed by atoms with Crippen LogP contribution >= 0.6 is 0 Å². The fraction of sp³-hybridized carbons (Fsp3) is 0.269. The van der Waals surface area contributed by atoms with Crippen molar-refractivity contribution in [3.05, 3.63) is 89.5 Å². The van der Waals surface area contributed by atoms with Crippen LogP contribution in [-0.2, 0) is 17.9 Å². The zero-order chi connectivity index (χ0) is 21.6. The fourth-order valence-corrected chi connectivity index (χ4v) is 4.24. The van der Waals surface area contributed by atoms with Gasteiger partial charge >= 0.3 is 0 Å². The summed E-state index contributed by atoms with van der Waals surface area (Å²) in [5, 5.41) is 8.93. The first-order valence-corrected chi connectivity index (χ1v) is 10.7. The minimum atomic E-state index is -0.328. The lowest BCUT2D eigenvalue weighted by Crippen LogP contribution is -2.41. The zero-order valence-corrected chi connectivity index (χ0v) is 17.8. The number of likely N-dealkylation sites (tertiary alicyclic amines) is 1. The Bertz CT molecular complexity index is 1020. The Kier molecular flexibility index (Phi) is 6.65. The molecule has 0 saturated carbocycles. The van der Waals surface area contributed by atoms with Gasteiger partial charge in [-0.25, -0.2) is 5.48 Å². The third-order valence-electron chi connectivity index (χ3n) is 6.01. The fourth-order valence-electron chi connectivity index (χ4n) is 4.24. The maximum atomic E-state index is 11.8. The number of carbonyl (C=O) groups excluding carboxylic acids is 1. The normalized spacial score (nSPS) is 16.3. The maximum absolute atomic E-state index is 11.8. The molecule has 5 heteroatoms.